The molecular weight excluding hydrogens is 323 g/mol. The number of nitrogens with one attached hydrogen (secondary N) is 1. The number of amides is 2. The second-order valence-electron chi connectivity index (χ2n) is 5.87. The summed E-state index contributed by atoms with van der Waals surface area (Å²) in [6.07, 6.45) is 0.970. The van der Waals surface area contributed by atoms with Gasteiger partial charge in [0.1, 0.15) is 11.6 Å². The maximum absolute atomic E-state index is 12.9. The molecule has 3 rings (SSSR count). The third-order valence-electron chi connectivity index (χ3n) is 3.91. The van der Waals surface area contributed by atoms with Crippen LogP contribution in [0.3, 0.4) is 0 Å². The van der Waals surface area contributed by atoms with Crippen LogP contribution in [0, 0.1) is 5.82 Å². The number of carbonyl (C=O) groups is 2. The van der Waals surface area contributed by atoms with E-state index in [0.29, 0.717) is 23.7 Å². The summed E-state index contributed by atoms with van der Waals surface area (Å²) in [5, 5.41) is 2.81. The number of nitrogens with zero attached hydrogens (tertiary/aromatic N) is 1. The average molecular weight is 342 g/mol. The van der Waals surface area contributed by atoms with E-state index in [9.17, 15) is 14.0 Å². The Labute approximate surface area is 145 Å². The molecule has 0 unspecified atom stereocenters. The maximum atomic E-state index is 12.9. The molecule has 2 aromatic carbocycles. The first kappa shape index (κ1) is 17.0. The van der Waals surface area contributed by atoms with Crippen molar-refractivity contribution in [1.82, 2.24) is 0 Å². The minimum atomic E-state index is -0.334. The van der Waals surface area contributed by atoms with Gasteiger partial charge in [-0.2, -0.15) is 0 Å². The number of carbonyl (C=O) groups excluding carboxylic acids is 2. The molecule has 0 atom stereocenters. The highest BCUT2D eigenvalue weighted by molar-refractivity contribution is 5.99. The number of ether oxygens (including phenoxy) is 1. The largest absolute Gasteiger partial charge is 0.482 e. The second kappa shape index (κ2) is 7.34. The molecule has 2 amide bonds. The number of hydrogen-bond donors (Lipinski definition) is 1. The Morgan fingerprint density at radius 3 is 2.72 bits per heavy atom. The van der Waals surface area contributed by atoms with Crippen molar-refractivity contribution in [3.8, 4) is 5.75 Å². The molecule has 0 fully saturated rings. The third kappa shape index (κ3) is 3.96. The van der Waals surface area contributed by atoms with E-state index in [4.69, 9.17) is 4.74 Å². The SMILES string of the molecule is CCCN1C(=O)COc2ccc(NC(=O)Cc3ccc(F)cc3)cc21. The van der Waals surface area contributed by atoms with Crippen LogP contribution in [-0.4, -0.2) is 25.0 Å². The van der Waals surface area contributed by atoms with Gasteiger partial charge in [0.2, 0.25) is 5.91 Å². The van der Waals surface area contributed by atoms with E-state index in [1.807, 2.05) is 6.92 Å². The van der Waals surface area contributed by atoms with Gasteiger partial charge in [0, 0.05) is 12.2 Å². The molecule has 0 spiro atoms. The molecule has 0 bridgehead atoms. The van der Waals surface area contributed by atoms with Crippen LogP contribution in [0.15, 0.2) is 42.5 Å². The van der Waals surface area contributed by atoms with E-state index in [2.05, 4.69) is 5.32 Å². The highest BCUT2D eigenvalue weighted by Gasteiger charge is 2.25. The minimum Gasteiger partial charge on any atom is -0.482 e. The van der Waals surface area contributed by atoms with Crippen LogP contribution in [0.25, 0.3) is 0 Å². The molecule has 130 valence electrons. The number of fused-ring (bicyclic) bond motifs is 1. The van der Waals surface area contributed by atoms with Crippen molar-refractivity contribution in [3.63, 3.8) is 0 Å². The van der Waals surface area contributed by atoms with Gasteiger partial charge in [0.05, 0.1) is 12.1 Å². The summed E-state index contributed by atoms with van der Waals surface area (Å²) in [6, 6.07) is 11.0. The third-order valence-corrected chi connectivity index (χ3v) is 3.91. The van der Waals surface area contributed by atoms with Crippen LogP contribution in [0.1, 0.15) is 18.9 Å². The van der Waals surface area contributed by atoms with Crippen LogP contribution in [0.4, 0.5) is 15.8 Å². The number of benzene rings is 2. The number of hydrogen-bond acceptors (Lipinski definition) is 3. The molecule has 0 saturated heterocycles. The Kier molecular flexibility index (Phi) is 4.97. The van der Waals surface area contributed by atoms with Gasteiger partial charge in [-0.05, 0) is 42.3 Å². The van der Waals surface area contributed by atoms with Crippen molar-refractivity contribution in [3.05, 3.63) is 53.8 Å². The van der Waals surface area contributed by atoms with Gasteiger partial charge in [-0.3, -0.25) is 9.59 Å². The molecule has 25 heavy (non-hydrogen) atoms. The maximum Gasteiger partial charge on any atom is 0.265 e. The molecule has 5 nitrogen and oxygen atoms in total. The van der Waals surface area contributed by atoms with E-state index in [-0.39, 0.29) is 30.7 Å². The summed E-state index contributed by atoms with van der Waals surface area (Å²) in [7, 11) is 0. The van der Waals surface area contributed by atoms with Gasteiger partial charge in [0.15, 0.2) is 6.61 Å². The van der Waals surface area contributed by atoms with Crippen LogP contribution >= 0.6 is 0 Å². The molecule has 6 heteroatoms. The monoisotopic (exact) mass is 342 g/mol. The molecule has 1 heterocycles. The Hall–Kier alpha value is -2.89. The summed E-state index contributed by atoms with van der Waals surface area (Å²) in [6.45, 7) is 2.63. The molecule has 1 aliphatic heterocycles. The van der Waals surface area contributed by atoms with Crippen LogP contribution in [0.5, 0.6) is 5.75 Å². The molecule has 0 aromatic heterocycles. The van der Waals surface area contributed by atoms with Crippen molar-refractivity contribution < 1.29 is 18.7 Å². The summed E-state index contributed by atoms with van der Waals surface area (Å²) in [4.78, 5) is 25.9. The molecule has 0 saturated carbocycles. The topological polar surface area (TPSA) is 58.6 Å². The lowest BCUT2D eigenvalue weighted by Crippen LogP contribution is -2.39. The lowest BCUT2D eigenvalue weighted by molar-refractivity contribution is -0.121. The number of halogens is 1. The Morgan fingerprint density at radius 1 is 1.24 bits per heavy atom. The minimum absolute atomic E-state index is 0.0310. The zero-order valence-corrected chi connectivity index (χ0v) is 13.9. The van der Waals surface area contributed by atoms with Crippen molar-refractivity contribution >= 4 is 23.2 Å². The van der Waals surface area contributed by atoms with Crippen LogP contribution in [0.2, 0.25) is 0 Å². The van der Waals surface area contributed by atoms with Gasteiger partial charge < -0.3 is 15.0 Å². The van der Waals surface area contributed by atoms with Crippen molar-refractivity contribution in [2.45, 2.75) is 19.8 Å². The summed E-state index contributed by atoms with van der Waals surface area (Å²) in [5.41, 5.74) is 1.98. The first-order valence-electron chi connectivity index (χ1n) is 8.18. The van der Waals surface area contributed by atoms with Gasteiger partial charge >= 0.3 is 0 Å². The smallest absolute Gasteiger partial charge is 0.265 e. The van der Waals surface area contributed by atoms with Crippen molar-refractivity contribution in [2.24, 2.45) is 0 Å². The van der Waals surface area contributed by atoms with E-state index < -0.39 is 0 Å². The van der Waals surface area contributed by atoms with E-state index in [1.54, 1.807) is 35.2 Å². The molecule has 1 aliphatic rings. The second-order valence-corrected chi connectivity index (χ2v) is 5.87. The van der Waals surface area contributed by atoms with Gasteiger partial charge in [-0.25, -0.2) is 4.39 Å². The Morgan fingerprint density at radius 2 is 2.00 bits per heavy atom. The normalized spacial score (nSPS) is 13.2. The predicted octanol–water partition coefficient (Wildman–Crippen LogP) is 3.14. The number of anilines is 2. The highest BCUT2D eigenvalue weighted by Crippen LogP contribution is 2.34. The first-order chi connectivity index (χ1) is 12.1. The fourth-order valence-corrected chi connectivity index (χ4v) is 2.74. The standard InChI is InChI=1S/C19H19FN2O3/c1-2-9-22-16-11-15(7-8-17(16)25-12-19(22)24)21-18(23)10-13-3-5-14(20)6-4-13/h3-8,11H,2,9-10,12H2,1H3,(H,21,23). The number of rotatable bonds is 5. The summed E-state index contributed by atoms with van der Waals surface area (Å²) < 4.78 is 18.4. The zero-order valence-electron chi connectivity index (χ0n) is 13.9. The van der Waals surface area contributed by atoms with E-state index >= 15 is 0 Å². The molecule has 0 radical (unpaired) electrons. The highest BCUT2D eigenvalue weighted by atomic mass is 19.1. The quantitative estimate of drug-likeness (QED) is 0.908. The summed E-state index contributed by atoms with van der Waals surface area (Å²) in [5.74, 6) is -0.00935. The fraction of sp³-hybridized carbons (Fsp3) is 0.263. The van der Waals surface area contributed by atoms with Gasteiger partial charge in [-0.15, -0.1) is 0 Å². The van der Waals surface area contributed by atoms with Crippen LogP contribution in [-0.2, 0) is 16.0 Å². The Bertz CT molecular complexity index is 790. The van der Waals surface area contributed by atoms with Crippen molar-refractivity contribution in [2.75, 3.05) is 23.4 Å². The van der Waals surface area contributed by atoms with E-state index in [0.717, 1.165) is 12.0 Å². The molecule has 1 N–H and O–H groups in total. The lowest BCUT2D eigenvalue weighted by Gasteiger charge is -2.29. The fourth-order valence-electron chi connectivity index (χ4n) is 2.74. The molecule has 2 aromatic rings. The van der Waals surface area contributed by atoms with Gasteiger partial charge in [-0.1, -0.05) is 19.1 Å². The van der Waals surface area contributed by atoms with Crippen LogP contribution < -0.4 is 15.0 Å². The predicted molar refractivity (Wildman–Crippen MR) is 93.3 cm³/mol. The lowest BCUT2D eigenvalue weighted by atomic mass is 10.1. The molecular formula is C19H19FN2O3. The first-order valence-corrected chi connectivity index (χ1v) is 8.18. The van der Waals surface area contributed by atoms with Crippen molar-refractivity contribution in [1.29, 1.82) is 0 Å². The average Bonchev–Trinajstić information content (AvgIpc) is 2.59. The zero-order chi connectivity index (χ0) is 17.8. The van der Waals surface area contributed by atoms with Gasteiger partial charge in [0.25, 0.3) is 5.91 Å². The van der Waals surface area contributed by atoms with E-state index in [1.165, 1.54) is 12.1 Å². The summed E-state index contributed by atoms with van der Waals surface area (Å²) >= 11 is 0. The Balaban J connectivity index is 1.74. The molecule has 0 aliphatic carbocycles.